The van der Waals surface area contributed by atoms with E-state index in [2.05, 4.69) is 109 Å². The first-order valence-electron chi connectivity index (χ1n) is 10.0. The van der Waals surface area contributed by atoms with Gasteiger partial charge >= 0.3 is 0 Å². The molecule has 2 aliphatic rings. The molecule has 6 heteroatoms. The lowest BCUT2D eigenvalue weighted by molar-refractivity contribution is 0.114. The van der Waals surface area contributed by atoms with E-state index in [9.17, 15) is 5.11 Å². The van der Waals surface area contributed by atoms with Crippen LogP contribution in [0.1, 0.15) is 22.7 Å². The van der Waals surface area contributed by atoms with Gasteiger partial charge in [0.15, 0.2) is 0 Å². The third-order valence-corrected chi connectivity index (χ3v) is 7.32. The number of aromatic hydroxyl groups is 1. The maximum absolute atomic E-state index is 10.3. The molecule has 0 radical (unpaired) electrons. The molecule has 1 N–H and O–H groups in total. The Bertz CT molecular complexity index is 1080. The van der Waals surface area contributed by atoms with Gasteiger partial charge in [-0.2, -0.15) is 5.10 Å². The molecule has 1 heterocycles. The van der Waals surface area contributed by atoms with E-state index < -0.39 is 0 Å². The van der Waals surface area contributed by atoms with Crippen molar-refractivity contribution < 1.29 is 5.11 Å². The highest BCUT2D eigenvalue weighted by molar-refractivity contribution is 14.1. The SMILES string of the molecule is Oc1c(I)cc(I)cc1/C=N/N1CCN(C2c3ccccc3-c3ccccc32)CC1. The smallest absolute Gasteiger partial charge is 0.137 e. The summed E-state index contributed by atoms with van der Waals surface area (Å²) >= 11 is 4.43. The van der Waals surface area contributed by atoms with Gasteiger partial charge in [0.25, 0.3) is 0 Å². The number of benzene rings is 3. The molecular weight excluding hydrogens is 600 g/mol. The highest BCUT2D eigenvalue weighted by Gasteiger charge is 2.33. The number of nitrogens with zero attached hydrogens (tertiary/aromatic N) is 3. The summed E-state index contributed by atoms with van der Waals surface area (Å²) < 4.78 is 1.95. The van der Waals surface area contributed by atoms with Gasteiger partial charge < -0.3 is 5.11 Å². The zero-order valence-corrected chi connectivity index (χ0v) is 20.6. The number of rotatable bonds is 3. The van der Waals surface area contributed by atoms with Crippen LogP contribution >= 0.6 is 45.2 Å². The van der Waals surface area contributed by atoms with Crippen LogP contribution in [-0.2, 0) is 0 Å². The molecule has 3 aromatic carbocycles. The van der Waals surface area contributed by atoms with Crippen LogP contribution < -0.4 is 0 Å². The van der Waals surface area contributed by atoms with Crippen molar-refractivity contribution in [3.63, 3.8) is 0 Å². The van der Waals surface area contributed by atoms with Gasteiger partial charge in [-0.1, -0.05) is 48.5 Å². The first kappa shape index (κ1) is 20.3. The third-order valence-electron chi connectivity index (χ3n) is 5.87. The zero-order valence-electron chi connectivity index (χ0n) is 16.3. The van der Waals surface area contributed by atoms with Crippen molar-refractivity contribution in [2.45, 2.75) is 6.04 Å². The van der Waals surface area contributed by atoms with Gasteiger partial charge in [0, 0.05) is 35.3 Å². The minimum Gasteiger partial charge on any atom is -0.506 e. The van der Waals surface area contributed by atoms with E-state index in [1.807, 2.05) is 12.1 Å². The molecular formula is C24H21I2N3O. The lowest BCUT2D eigenvalue weighted by atomic mass is 10.0. The van der Waals surface area contributed by atoms with Gasteiger partial charge in [-0.25, -0.2) is 0 Å². The molecule has 0 aromatic heterocycles. The molecule has 0 unspecified atom stereocenters. The lowest BCUT2D eigenvalue weighted by Crippen LogP contribution is -2.45. The molecule has 1 aliphatic heterocycles. The Kier molecular flexibility index (Phi) is 5.72. The fourth-order valence-corrected chi connectivity index (χ4v) is 6.33. The highest BCUT2D eigenvalue weighted by Crippen LogP contribution is 2.46. The van der Waals surface area contributed by atoms with Crippen molar-refractivity contribution >= 4 is 51.4 Å². The molecule has 0 bridgehead atoms. The van der Waals surface area contributed by atoms with Crippen molar-refractivity contribution in [3.05, 3.63) is 84.5 Å². The van der Waals surface area contributed by atoms with E-state index >= 15 is 0 Å². The van der Waals surface area contributed by atoms with Crippen molar-refractivity contribution in [3.8, 4) is 16.9 Å². The van der Waals surface area contributed by atoms with E-state index in [0.717, 1.165) is 38.9 Å². The number of hydrogen-bond acceptors (Lipinski definition) is 4. The van der Waals surface area contributed by atoms with Gasteiger partial charge in [0.2, 0.25) is 0 Å². The lowest BCUT2D eigenvalue weighted by Gasteiger charge is -2.37. The Hall–Kier alpha value is -1.65. The molecule has 1 saturated heterocycles. The van der Waals surface area contributed by atoms with Gasteiger partial charge in [-0.3, -0.25) is 9.91 Å². The minimum atomic E-state index is 0.303. The third kappa shape index (κ3) is 3.73. The number of halogens is 2. The number of fused-ring (bicyclic) bond motifs is 3. The van der Waals surface area contributed by atoms with E-state index in [-0.39, 0.29) is 0 Å². The van der Waals surface area contributed by atoms with Crippen molar-refractivity contribution in [2.75, 3.05) is 26.2 Å². The summed E-state index contributed by atoms with van der Waals surface area (Å²) in [5.74, 6) is 0.303. The number of piperazine rings is 1. The summed E-state index contributed by atoms with van der Waals surface area (Å²) in [6, 6.07) is 21.8. The van der Waals surface area contributed by atoms with Crippen LogP contribution in [0, 0.1) is 7.14 Å². The van der Waals surface area contributed by atoms with Gasteiger partial charge in [0.05, 0.1) is 15.8 Å². The van der Waals surface area contributed by atoms with Crippen LogP contribution in [0.2, 0.25) is 0 Å². The van der Waals surface area contributed by atoms with Crippen molar-refractivity contribution in [1.29, 1.82) is 0 Å². The van der Waals surface area contributed by atoms with E-state index in [1.54, 1.807) is 6.21 Å². The minimum absolute atomic E-state index is 0.303. The standard InChI is InChI=1S/C24H21I2N3O/c25-17-13-16(24(30)22(26)14-17)15-27-29-11-9-28(10-12-29)23-20-7-3-1-5-18(20)19-6-2-4-8-21(19)23/h1-8,13-15,23,30H,9-12H2/b27-15+. The van der Waals surface area contributed by atoms with Crippen LogP contribution in [0.3, 0.4) is 0 Å². The second-order valence-corrected chi connectivity index (χ2v) is 10.0. The van der Waals surface area contributed by atoms with E-state index in [4.69, 9.17) is 0 Å². The Labute approximate surface area is 203 Å². The Morgan fingerprint density at radius 2 is 1.47 bits per heavy atom. The van der Waals surface area contributed by atoms with Gasteiger partial charge in [-0.15, -0.1) is 0 Å². The number of phenols is 1. The van der Waals surface area contributed by atoms with Gasteiger partial charge in [0.1, 0.15) is 5.75 Å². The fraction of sp³-hybridized carbons (Fsp3) is 0.208. The molecule has 0 atom stereocenters. The number of hydrogen-bond donors (Lipinski definition) is 1. The first-order chi connectivity index (χ1) is 14.6. The maximum Gasteiger partial charge on any atom is 0.137 e. The maximum atomic E-state index is 10.3. The Morgan fingerprint density at radius 3 is 2.10 bits per heavy atom. The van der Waals surface area contributed by atoms with Gasteiger partial charge in [-0.05, 0) is 79.6 Å². The molecule has 4 nitrogen and oxygen atoms in total. The molecule has 1 fully saturated rings. The quantitative estimate of drug-likeness (QED) is 0.318. The summed E-state index contributed by atoms with van der Waals surface area (Å²) in [5.41, 5.74) is 6.32. The number of hydrazone groups is 1. The molecule has 1 aliphatic carbocycles. The van der Waals surface area contributed by atoms with Crippen LogP contribution in [0.25, 0.3) is 11.1 Å². The molecule has 3 aromatic rings. The summed E-state index contributed by atoms with van der Waals surface area (Å²) in [6.45, 7) is 3.67. The summed E-state index contributed by atoms with van der Waals surface area (Å²) in [7, 11) is 0. The largest absolute Gasteiger partial charge is 0.506 e. The van der Waals surface area contributed by atoms with Crippen molar-refractivity contribution in [1.82, 2.24) is 9.91 Å². The summed E-state index contributed by atoms with van der Waals surface area (Å²) in [4.78, 5) is 2.57. The topological polar surface area (TPSA) is 39.1 Å². The molecule has 30 heavy (non-hydrogen) atoms. The Balaban J connectivity index is 1.32. The monoisotopic (exact) mass is 621 g/mol. The van der Waals surface area contributed by atoms with Crippen LogP contribution in [0.15, 0.2) is 65.8 Å². The predicted octanol–water partition coefficient (Wildman–Crippen LogP) is 5.32. The molecule has 0 spiro atoms. The molecule has 5 rings (SSSR count). The first-order valence-corrected chi connectivity index (χ1v) is 12.2. The number of phenolic OH excluding ortho intramolecular Hbond substituents is 1. The predicted molar refractivity (Wildman–Crippen MR) is 138 cm³/mol. The zero-order chi connectivity index (χ0) is 20.7. The fourth-order valence-electron chi connectivity index (χ4n) is 4.44. The van der Waals surface area contributed by atoms with Crippen LogP contribution in [0.5, 0.6) is 5.75 Å². The normalized spacial score (nSPS) is 16.8. The molecule has 152 valence electrons. The van der Waals surface area contributed by atoms with E-state index in [1.165, 1.54) is 22.3 Å². The van der Waals surface area contributed by atoms with Crippen LogP contribution in [-0.4, -0.2) is 47.4 Å². The highest BCUT2D eigenvalue weighted by atomic mass is 127. The van der Waals surface area contributed by atoms with E-state index in [0.29, 0.717) is 11.8 Å². The summed E-state index contributed by atoms with van der Waals surface area (Å²) in [6.07, 6.45) is 1.79. The Morgan fingerprint density at radius 1 is 0.867 bits per heavy atom. The second-order valence-electron chi connectivity index (χ2n) is 7.64. The summed E-state index contributed by atoms with van der Waals surface area (Å²) in [5, 5.41) is 17.1. The van der Waals surface area contributed by atoms with Crippen molar-refractivity contribution in [2.24, 2.45) is 5.10 Å². The average Bonchev–Trinajstić information content (AvgIpc) is 3.10. The average molecular weight is 621 g/mol. The van der Waals surface area contributed by atoms with Crippen LogP contribution in [0.4, 0.5) is 0 Å². The molecule has 0 saturated carbocycles. The molecule has 0 amide bonds. The second kappa shape index (κ2) is 8.47.